The van der Waals surface area contributed by atoms with Crippen LogP contribution in [0.3, 0.4) is 0 Å². The molecule has 148 valence electrons. The first-order chi connectivity index (χ1) is 13.8. The molecule has 3 rings (SSSR count). The van der Waals surface area contributed by atoms with Crippen molar-refractivity contribution in [2.45, 2.75) is 25.9 Å². The normalized spacial score (nSPS) is 11.4. The van der Waals surface area contributed by atoms with Gasteiger partial charge in [0.05, 0.1) is 19.9 Å². The van der Waals surface area contributed by atoms with Gasteiger partial charge in [-0.2, -0.15) is 5.10 Å². The van der Waals surface area contributed by atoms with Crippen LogP contribution in [0.25, 0.3) is 0 Å². The molecule has 0 unspecified atom stereocenters. The van der Waals surface area contributed by atoms with E-state index in [0.717, 1.165) is 55.5 Å². The maximum atomic E-state index is 5.38. The molecule has 1 aromatic carbocycles. The van der Waals surface area contributed by atoms with Gasteiger partial charge in [0, 0.05) is 38.4 Å². The van der Waals surface area contributed by atoms with Gasteiger partial charge in [-0.3, -0.25) is 4.68 Å². The molecule has 28 heavy (non-hydrogen) atoms. The number of benzene rings is 1. The summed E-state index contributed by atoms with van der Waals surface area (Å²) in [5.41, 5.74) is 1.13. The smallest absolute Gasteiger partial charge is 0.191 e. The number of hydrogen-bond donors (Lipinski definition) is 2. The van der Waals surface area contributed by atoms with Crippen LogP contribution in [-0.4, -0.2) is 35.9 Å². The molecule has 0 aliphatic heterocycles. The highest BCUT2D eigenvalue weighted by molar-refractivity contribution is 5.79. The summed E-state index contributed by atoms with van der Waals surface area (Å²) in [6.07, 6.45) is 7.24. The minimum atomic E-state index is 0.596. The predicted molar refractivity (Wildman–Crippen MR) is 109 cm³/mol. The fraction of sp³-hybridized carbons (Fsp3) is 0.333. The number of nitrogens with one attached hydrogen (secondary N) is 2. The lowest BCUT2D eigenvalue weighted by atomic mass is 10.2. The lowest BCUT2D eigenvalue weighted by molar-refractivity contribution is 0.414. The monoisotopic (exact) mass is 381 g/mol. The van der Waals surface area contributed by atoms with E-state index in [1.54, 1.807) is 19.6 Å². The number of nitrogens with zero attached hydrogens (tertiary/aromatic N) is 3. The third-order valence-electron chi connectivity index (χ3n) is 4.24. The molecule has 0 atom stereocenters. The van der Waals surface area contributed by atoms with Crippen LogP contribution in [0.5, 0.6) is 5.75 Å². The quantitative estimate of drug-likeness (QED) is 0.321. The molecule has 0 saturated carbocycles. The van der Waals surface area contributed by atoms with Crippen molar-refractivity contribution >= 4 is 5.96 Å². The molecule has 3 aromatic rings. The second-order valence-electron chi connectivity index (χ2n) is 6.32. The molecule has 7 nitrogen and oxygen atoms in total. The third kappa shape index (κ3) is 6.50. The van der Waals surface area contributed by atoms with Gasteiger partial charge in [0.2, 0.25) is 0 Å². The van der Waals surface area contributed by atoms with Gasteiger partial charge in [-0.25, -0.2) is 4.99 Å². The SMILES string of the molecule is COc1ccc(CN=C(NCCCn2cccn2)NCCc2ccco2)cc1. The van der Waals surface area contributed by atoms with Gasteiger partial charge >= 0.3 is 0 Å². The molecular formula is C21H27N5O2. The number of aromatic nitrogens is 2. The zero-order valence-corrected chi connectivity index (χ0v) is 16.2. The summed E-state index contributed by atoms with van der Waals surface area (Å²) in [6.45, 7) is 3.04. The summed E-state index contributed by atoms with van der Waals surface area (Å²) < 4.78 is 12.5. The molecule has 7 heteroatoms. The maximum Gasteiger partial charge on any atom is 0.191 e. The van der Waals surface area contributed by atoms with E-state index in [1.807, 2.05) is 53.3 Å². The summed E-state index contributed by atoms with van der Waals surface area (Å²) in [5, 5.41) is 11.0. The van der Waals surface area contributed by atoms with Crippen molar-refractivity contribution in [3.05, 3.63) is 72.4 Å². The van der Waals surface area contributed by atoms with Gasteiger partial charge in [0.25, 0.3) is 0 Å². The maximum absolute atomic E-state index is 5.38. The summed E-state index contributed by atoms with van der Waals surface area (Å²) in [4.78, 5) is 4.70. The minimum Gasteiger partial charge on any atom is -0.497 e. The van der Waals surface area contributed by atoms with Crippen LogP contribution in [0.4, 0.5) is 0 Å². The molecule has 0 amide bonds. The highest BCUT2D eigenvalue weighted by Crippen LogP contribution is 2.11. The molecule has 0 fully saturated rings. The number of guanidine groups is 1. The Bertz CT molecular complexity index is 811. The van der Waals surface area contributed by atoms with Crippen molar-refractivity contribution in [3.63, 3.8) is 0 Å². The Morgan fingerprint density at radius 2 is 2.00 bits per heavy atom. The second-order valence-corrected chi connectivity index (χ2v) is 6.32. The van der Waals surface area contributed by atoms with Gasteiger partial charge in [-0.1, -0.05) is 12.1 Å². The summed E-state index contributed by atoms with van der Waals surface area (Å²) in [7, 11) is 1.67. The second kappa shape index (κ2) is 10.8. The molecule has 0 spiro atoms. The number of aliphatic imine (C=N–C) groups is 1. The first kappa shape index (κ1) is 19.5. The minimum absolute atomic E-state index is 0.596. The van der Waals surface area contributed by atoms with E-state index in [4.69, 9.17) is 14.1 Å². The first-order valence-electron chi connectivity index (χ1n) is 9.48. The number of methoxy groups -OCH3 is 1. The Hall–Kier alpha value is -3.22. The largest absolute Gasteiger partial charge is 0.497 e. The van der Waals surface area contributed by atoms with E-state index in [9.17, 15) is 0 Å². The molecule has 0 aliphatic carbocycles. The molecular weight excluding hydrogens is 354 g/mol. The average Bonchev–Trinajstić information content (AvgIpc) is 3.43. The van der Waals surface area contributed by atoms with Crippen LogP contribution in [0.15, 0.2) is 70.5 Å². The number of furan rings is 1. The van der Waals surface area contributed by atoms with Gasteiger partial charge in [0.1, 0.15) is 11.5 Å². The number of ether oxygens (including phenoxy) is 1. The fourth-order valence-electron chi connectivity index (χ4n) is 2.72. The van der Waals surface area contributed by atoms with E-state index < -0.39 is 0 Å². The van der Waals surface area contributed by atoms with E-state index in [0.29, 0.717) is 6.54 Å². The zero-order valence-electron chi connectivity index (χ0n) is 16.2. The molecule has 0 saturated heterocycles. The third-order valence-corrected chi connectivity index (χ3v) is 4.24. The van der Waals surface area contributed by atoms with E-state index in [1.165, 1.54) is 0 Å². The Kier molecular flexibility index (Phi) is 7.55. The van der Waals surface area contributed by atoms with E-state index in [2.05, 4.69) is 15.7 Å². The number of aryl methyl sites for hydroxylation is 1. The lowest BCUT2D eigenvalue weighted by Gasteiger charge is -2.12. The van der Waals surface area contributed by atoms with Crippen molar-refractivity contribution in [1.29, 1.82) is 0 Å². The van der Waals surface area contributed by atoms with E-state index >= 15 is 0 Å². The van der Waals surface area contributed by atoms with Crippen molar-refractivity contribution < 1.29 is 9.15 Å². The Morgan fingerprint density at radius 3 is 2.71 bits per heavy atom. The van der Waals surface area contributed by atoms with Crippen LogP contribution in [0, 0.1) is 0 Å². The van der Waals surface area contributed by atoms with Gasteiger partial charge in [-0.05, 0) is 42.3 Å². The molecule has 2 N–H and O–H groups in total. The standard InChI is InChI=1S/C21H27N5O2/c1-27-19-8-6-18(7-9-19)17-24-21(23-13-10-20-5-2-16-28-20)22-11-3-14-26-15-4-12-25-26/h2,4-9,12,15-16H,3,10-11,13-14,17H2,1H3,(H2,22,23,24). The average molecular weight is 381 g/mol. The molecule has 2 heterocycles. The van der Waals surface area contributed by atoms with E-state index in [-0.39, 0.29) is 0 Å². The van der Waals surface area contributed by atoms with Crippen LogP contribution in [0.2, 0.25) is 0 Å². The van der Waals surface area contributed by atoms with Crippen LogP contribution in [0.1, 0.15) is 17.7 Å². The van der Waals surface area contributed by atoms with Crippen molar-refractivity contribution in [2.24, 2.45) is 4.99 Å². The summed E-state index contributed by atoms with van der Waals surface area (Å²) in [6, 6.07) is 13.8. The highest BCUT2D eigenvalue weighted by atomic mass is 16.5. The summed E-state index contributed by atoms with van der Waals surface area (Å²) >= 11 is 0. The van der Waals surface area contributed by atoms with Crippen molar-refractivity contribution in [3.8, 4) is 5.75 Å². The molecule has 2 aromatic heterocycles. The Morgan fingerprint density at radius 1 is 1.14 bits per heavy atom. The van der Waals surface area contributed by atoms with Crippen LogP contribution >= 0.6 is 0 Å². The van der Waals surface area contributed by atoms with Gasteiger partial charge in [-0.15, -0.1) is 0 Å². The number of hydrogen-bond acceptors (Lipinski definition) is 4. The van der Waals surface area contributed by atoms with Gasteiger partial charge < -0.3 is 19.8 Å². The molecule has 0 aliphatic rings. The Labute approximate surface area is 165 Å². The summed E-state index contributed by atoms with van der Waals surface area (Å²) in [5.74, 6) is 2.60. The number of rotatable bonds is 10. The molecule has 0 radical (unpaired) electrons. The van der Waals surface area contributed by atoms with Crippen molar-refractivity contribution in [1.82, 2.24) is 20.4 Å². The predicted octanol–water partition coefficient (Wildman–Crippen LogP) is 2.85. The highest BCUT2D eigenvalue weighted by Gasteiger charge is 2.02. The van der Waals surface area contributed by atoms with Crippen LogP contribution in [-0.2, 0) is 19.5 Å². The fourth-order valence-corrected chi connectivity index (χ4v) is 2.72. The van der Waals surface area contributed by atoms with Gasteiger partial charge in [0.15, 0.2) is 5.96 Å². The van der Waals surface area contributed by atoms with Crippen molar-refractivity contribution in [2.75, 3.05) is 20.2 Å². The Balaban J connectivity index is 1.50. The lowest BCUT2D eigenvalue weighted by Crippen LogP contribution is -2.39. The zero-order chi connectivity index (χ0) is 19.4. The molecule has 0 bridgehead atoms. The topological polar surface area (TPSA) is 76.6 Å². The van der Waals surface area contributed by atoms with Crippen LogP contribution < -0.4 is 15.4 Å². The first-order valence-corrected chi connectivity index (χ1v) is 9.48.